The van der Waals surface area contributed by atoms with Crippen molar-refractivity contribution in [2.75, 3.05) is 25.6 Å². The van der Waals surface area contributed by atoms with Crippen molar-refractivity contribution in [2.45, 2.75) is 6.61 Å². The van der Waals surface area contributed by atoms with Crippen LogP contribution in [-0.2, 0) is 11.3 Å². The van der Waals surface area contributed by atoms with Gasteiger partial charge in [0.05, 0.1) is 6.61 Å². The highest BCUT2D eigenvalue weighted by molar-refractivity contribution is 5.98. The summed E-state index contributed by atoms with van der Waals surface area (Å²) in [5, 5.41) is 0. The zero-order chi connectivity index (χ0) is 14.2. The van der Waals surface area contributed by atoms with E-state index in [1.807, 2.05) is 48.3 Å². The largest absolute Gasteiger partial charge is 0.369 e. The fourth-order valence-electron chi connectivity index (χ4n) is 1.95. The van der Waals surface area contributed by atoms with Crippen molar-refractivity contribution in [2.24, 2.45) is 4.99 Å². The molecule has 0 saturated carbocycles. The van der Waals surface area contributed by atoms with Crippen LogP contribution in [0.15, 0.2) is 65.7 Å². The molecule has 3 heteroatoms. The molecule has 0 radical (unpaired) electrons. The molecule has 0 saturated heterocycles. The lowest BCUT2D eigenvalue weighted by Crippen LogP contribution is -2.30. The molecule has 0 heterocycles. The molecule has 0 aliphatic carbocycles. The van der Waals surface area contributed by atoms with Gasteiger partial charge in [0.25, 0.3) is 0 Å². The zero-order valence-corrected chi connectivity index (χ0v) is 12.0. The van der Waals surface area contributed by atoms with Gasteiger partial charge in [-0.1, -0.05) is 48.5 Å². The van der Waals surface area contributed by atoms with Crippen LogP contribution in [0.4, 0.5) is 5.69 Å². The molecular weight excluding hydrogens is 248 g/mol. The SMILES string of the molecule is C/N=C(/COCc1ccccc1)N(C)c1ccccc1. The predicted molar refractivity (Wildman–Crippen MR) is 84.3 cm³/mol. The van der Waals surface area contributed by atoms with Gasteiger partial charge in [0.1, 0.15) is 12.4 Å². The topological polar surface area (TPSA) is 24.8 Å². The van der Waals surface area contributed by atoms with E-state index in [2.05, 4.69) is 29.3 Å². The number of hydrogen-bond donors (Lipinski definition) is 0. The number of hydrogen-bond acceptors (Lipinski definition) is 2. The van der Waals surface area contributed by atoms with Crippen molar-refractivity contribution >= 4 is 11.5 Å². The third-order valence-electron chi connectivity index (χ3n) is 3.13. The molecule has 0 atom stereocenters. The highest BCUT2D eigenvalue weighted by Gasteiger charge is 2.07. The smallest absolute Gasteiger partial charge is 0.129 e. The molecular formula is C17H20N2O. The second-order valence-corrected chi connectivity index (χ2v) is 4.51. The van der Waals surface area contributed by atoms with Crippen LogP contribution in [0.1, 0.15) is 5.56 Å². The van der Waals surface area contributed by atoms with Crippen LogP contribution in [0.5, 0.6) is 0 Å². The van der Waals surface area contributed by atoms with E-state index in [9.17, 15) is 0 Å². The van der Waals surface area contributed by atoms with Crippen LogP contribution < -0.4 is 4.90 Å². The second-order valence-electron chi connectivity index (χ2n) is 4.51. The van der Waals surface area contributed by atoms with Crippen molar-refractivity contribution in [1.29, 1.82) is 0 Å². The van der Waals surface area contributed by atoms with Gasteiger partial charge >= 0.3 is 0 Å². The minimum absolute atomic E-state index is 0.497. The molecule has 0 aromatic heterocycles. The average Bonchev–Trinajstić information content (AvgIpc) is 2.53. The molecule has 0 aliphatic rings. The molecule has 0 unspecified atom stereocenters. The molecule has 0 bridgehead atoms. The molecule has 2 rings (SSSR count). The minimum Gasteiger partial charge on any atom is -0.369 e. The molecule has 0 amide bonds. The van der Waals surface area contributed by atoms with Crippen molar-refractivity contribution in [1.82, 2.24) is 0 Å². The summed E-state index contributed by atoms with van der Waals surface area (Å²) < 4.78 is 5.74. The Morgan fingerprint density at radius 1 is 1.00 bits per heavy atom. The Kier molecular flexibility index (Phi) is 5.33. The number of amidine groups is 1. The van der Waals surface area contributed by atoms with E-state index in [1.54, 1.807) is 7.05 Å². The summed E-state index contributed by atoms with van der Waals surface area (Å²) in [7, 11) is 3.80. The summed E-state index contributed by atoms with van der Waals surface area (Å²) >= 11 is 0. The number of anilines is 1. The molecule has 0 N–H and O–H groups in total. The number of rotatable bonds is 5. The molecule has 0 aliphatic heterocycles. The van der Waals surface area contributed by atoms with Gasteiger partial charge in [-0.3, -0.25) is 4.99 Å². The Labute approximate surface area is 120 Å². The Bertz CT molecular complexity index is 537. The molecule has 20 heavy (non-hydrogen) atoms. The highest BCUT2D eigenvalue weighted by atomic mass is 16.5. The summed E-state index contributed by atoms with van der Waals surface area (Å²) in [5.41, 5.74) is 2.28. The quantitative estimate of drug-likeness (QED) is 0.613. The fourth-order valence-corrected chi connectivity index (χ4v) is 1.95. The van der Waals surface area contributed by atoms with Crippen molar-refractivity contribution in [3.8, 4) is 0 Å². The van der Waals surface area contributed by atoms with Gasteiger partial charge in [-0.2, -0.15) is 0 Å². The fraction of sp³-hybridized carbons (Fsp3) is 0.235. The number of likely N-dealkylation sites (N-methyl/N-ethyl adjacent to an activating group) is 1. The number of aliphatic imine (C=N–C) groups is 1. The molecule has 0 fully saturated rings. The van der Waals surface area contributed by atoms with Gasteiger partial charge in [0.2, 0.25) is 0 Å². The first kappa shape index (κ1) is 14.3. The Morgan fingerprint density at radius 2 is 1.60 bits per heavy atom. The number of ether oxygens (including phenoxy) is 1. The summed E-state index contributed by atoms with van der Waals surface area (Å²) in [6, 6.07) is 20.3. The number of benzene rings is 2. The maximum Gasteiger partial charge on any atom is 0.129 e. The molecule has 104 valence electrons. The molecule has 0 spiro atoms. The van der Waals surface area contributed by atoms with Crippen LogP contribution in [0.2, 0.25) is 0 Å². The number of para-hydroxylation sites is 1. The van der Waals surface area contributed by atoms with Crippen LogP contribution >= 0.6 is 0 Å². The normalized spacial score (nSPS) is 11.4. The lowest BCUT2D eigenvalue weighted by Gasteiger charge is -2.21. The van der Waals surface area contributed by atoms with Crippen LogP contribution in [0.25, 0.3) is 0 Å². The first-order valence-electron chi connectivity index (χ1n) is 6.67. The van der Waals surface area contributed by atoms with Gasteiger partial charge < -0.3 is 9.64 Å². The minimum atomic E-state index is 0.497. The van der Waals surface area contributed by atoms with Crippen molar-refractivity contribution in [3.05, 3.63) is 66.2 Å². The summed E-state index contributed by atoms with van der Waals surface area (Å²) in [6.07, 6.45) is 0. The first-order chi connectivity index (χ1) is 9.81. The van der Waals surface area contributed by atoms with Crippen molar-refractivity contribution < 1.29 is 4.74 Å². The van der Waals surface area contributed by atoms with Gasteiger partial charge in [-0.25, -0.2) is 0 Å². The second kappa shape index (κ2) is 7.46. The first-order valence-corrected chi connectivity index (χ1v) is 6.67. The van der Waals surface area contributed by atoms with E-state index in [4.69, 9.17) is 4.74 Å². The van der Waals surface area contributed by atoms with Gasteiger partial charge in [0.15, 0.2) is 0 Å². The third-order valence-corrected chi connectivity index (χ3v) is 3.13. The third kappa shape index (κ3) is 3.93. The van der Waals surface area contributed by atoms with Crippen LogP contribution in [-0.4, -0.2) is 26.5 Å². The molecule has 2 aromatic rings. The van der Waals surface area contributed by atoms with E-state index < -0.39 is 0 Å². The van der Waals surface area contributed by atoms with Gasteiger partial charge in [-0.15, -0.1) is 0 Å². The average molecular weight is 268 g/mol. The zero-order valence-electron chi connectivity index (χ0n) is 12.0. The highest BCUT2D eigenvalue weighted by Crippen LogP contribution is 2.12. The van der Waals surface area contributed by atoms with E-state index in [0.717, 1.165) is 11.5 Å². The van der Waals surface area contributed by atoms with E-state index >= 15 is 0 Å². The van der Waals surface area contributed by atoms with Gasteiger partial charge in [0, 0.05) is 19.8 Å². The predicted octanol–water partition coefficient (Wildman–Crippen LogP) is 3.37. The summed E-state index contributed by atoms with van der Waals surface area (Å²) in [6.45, 7) is 1.10. The number of nitrogens with zero attached hydrogens (tertiary/aromatic N) is 2. The van der Waals surface area contributed by atoms with Crippen molar-refractivity contribution in [3.63, 3.8) is 0 Å². The van der Waals surface area contributed by atoms with E-state index in [0.29, 0.717) is 13.2 Å². The molecule has 2 aromatic carbocycles. The lowest BCUT2D eigenvalue weighted by atomic mass is 10.2. The van der Waals surface area contributed by atoms with Crippen LogP contribution in [0.3, 0.4) is 0 Å². The maximum atomic E-state index is 5.74. The van der Waals surface area contributed by atoms with Crippen LogP contribution in [0, 0.1) is 0 Å². The lowest BCUT2D eigenvalue weighted by molar-refractivity contribution is 0.157. The van der Waals surface area contributed by atoms with Gasteiger partial charge in [-0.05, 0) is 17.7 Å². The Hall–Kier alpha value is -2.13. The van der Waals surface area contributed by atoms with E-state index in [-0.39, 0.29) is 0 Å². The monoisotopic (exact) mass is 268 g/mol. The molecule has 3 nitrogen and oxygen atoms in total. The van der Waals surface area contributed by atoms with E-state index in [1.165, 1.54) is 5.56 Å². The summed E-state index contributed by atoms with van der Waals surface area (Å²) in [5.74, 6) is 0.909. The Balaban J connectivity index is 1.90. The standard InChI is InChI=1S/C17H20N2O/c1-18-17(19(2)16-11-7-4-8-12-16)14-20-13-15-9-5-3-6-10-15/h3-12H,13-14H2,1-2H3/b18-17-. The maximum absolute atomic E-state index is 5.74. The summed E-state index contributed by atoms with van der Waals surface area (Å²) in [4.78, 5) is 6.36. The Morgan fingerprint density at radius 3 is 2.20 bits per heavy atom.